The molecule has 1 aromatic heterocycles. The predicted octanol–water partition coefficient (Wildman–Crippen LogP) is 1.44. The average Bonchev–Trinajstić information content (AvgIpc) is 3.22. The molecule has 4 rings (SSSR count). The monoisotopic (exact) mass is 365 g/mol. The van der Waals surface area contributed by atoms with Gasteiger partial charge in [-0.25, -0.2) is 9.97 Å². The number of piperazine rings is 1. The summed E-state index contributed by atoms with van der Waals surface area (Å²) in [6.45, 7) is 6.40. The number of para-hydroxylation sites is 1. The van der Waals surface area contributed by atoms with Crippen molar-refractivity contribution in [1.29, 1.82) is 0 Å². The SMILES string of the molecule is NC(=NCC1CCN(c2ccccc2)C1)N1CCN(c2ncccn2)CC1. The van der Waals surface area contributed by atoms with Crippen LogP contribution in [0.25, 0.3) is 0 Å². The Hall–Kier alpha value is -2.83. The zero-order valence-corrected chi connectivity index (χ0v) is 15.6. The summed E-state index contributed by atoms with van der Waals surface area (Å²) in [4.78, 5) is 20.1. The van der Waals surface area contributed by atoms with Crippen LogP contribution in [0.5, 0.6) is 0 Å². The van der Waals surface area contributed by atoms with E-state index in [0.717, 1.165) is 51.8 Å². The van der Waals surface area contributed by atoms with Gasteiger partial charge in [0.1, 0.15) is 0 Å². The molecule has 2 saturated heterocycles. The minimum atomic E-state index is 0.572. The minimum absolute atomic E-state index is 0.572. The van der Waals surface area contributed by atoms with Crippen LogP contribution in [0.3, 0.4) is 0 Å². The van der Waals surface area contributed by atoms with E-state index in [1.54, 1.807) is 12.4 Å². The minimum Gasteiger partial charge on any atom is -0.371 e. The fourth-order valence-corrected chi connectivity index (χ4v) is 3.77. The first-order valence-electron chi connectivity index (χ1n) is 9.66. The van der Waals surface area contributed by atoms with Gasteiger partial charge in [0.2, 0.25) is 5.95 Å². The van der Waals surface area contributed by atoms with Gasteiger partial charge in [0.05, 0.1) is 0 Å². The standard InChI is InChI=1S/C20H27N7/c21-19(25-11-13-26(14-12-25)20-22-8-4-9-23-20)24-15-17-7-10-27(16-17)18-5-2-1-3-6-18/h1-6,8-9,17H,7,10-16H2,(H2,21,24). The Morgan fingerprint density at radius 2 is 1.70 bits per heavy atom. The Morgan fingerprint density at radius 3 is 2.44 bits per heavy atom. The summed E-state index contributed by atoms with van der Waals surface area (Å²) in [6.07, 6.45) is 4.74. The molecule has 2 fully saturated rings. The molecule has 3 heterocycles. The van der Waals surface area contributed by atoms with Gasteiger partial charge in [-0.05, 0) is 30.5 Å². The third-order valence-corrected chi connectivity index (χ3v) is 5.36. The number of nitrogens with zero attached hydrogens (tertiary/aromatic N) is 6. The molecule has 2 aliphatic heterocycles. The molecule has 0 saturated carbocycles. The van der Waals surface area contributed by atoms with Gasteiger partial charge in [0.15, 0.2) is 5.96 Å². The number of anilines is 2. The number of guanidine groups is 1. The van der Waals surface area contributed by atoms with Crippen LogP contribution in [0.1, 0.15) is 6.42 Å². The van der Waals surface area contributed by atoms with Gasteiger partial charge in [-0.1, -0.05) is 18.2 Å². The Morgan fingerprint density at radius 1 is 0.963 bits per heavy atom. The lowest BCUT2D eigenvalue weighted by atomic mass is 10.1. The quantitative estimate of drug-likeness (QED) is 0.653. The Bertz CT molecular complexity index is 741. The molecular weight excluding hydrogens is 338 g/mol. The number of aliphatic imine (C=N–C) groups is 1. The van der Waals surface area contributed by atoms with E-state index >= 15 is 0 Å². The number of hydrogen-bond donors (Lipinski definition) is 1. The average molecular weight is 365 g/mol. The molecule has 1 atom stereocenters. The topological polar surface area (TPSA) is 73.9 Å². The lowest BCUT2D eigenvalue weighted by molar-refractivity contribution is 0.377. The van der Waals surface area contributed by atoms with E-state index in [4.69, 9.17) is 10.7 Å². The third kappa shape index (κ3) is 4.30. The molecule has 0 spiro atoms. The van der Waals surface area contributed by atoms with Crippen LogP contribution in [-0.2, 0) is 0 Å². The highest BCUT2D eigenvalue weighted by molar-refractivity contribution is 5.78. The van der Waals surface area contributed by atoms with E-state index in [2.05, 4.69) is 55.0 Å². The Kier molecular flexibility index (Phi) is 5.37. The second-order valence-corrected chi connectivity index (χ2v) is 7.16. The fourth-order valence-electron chi connectivity index (χ4n) is 3.77. The van der Waals surface area contributed by atoms with E-state index < -0.39 is 0 Å². The van der Waals surface area contributed by atoms with Gasteiger partial charge < -0.3 is 20.4 Å². The number of hydrogen-bond acceptors (Lipinski definition) is 5. The van der Waals surface area contributed by atoms with Gasteiger partial charge in [-0.15, -0.1) is 0 Å². The molecule has 2 aliphatic rings. The summed E-state index contributed by atoms with van der Waals surface area (Å²) in [5, 5.41) is 0. The summed E-state index contributed by atoms with van der Waals surface area (Å²) in [7, 11) is 0. The molecule has 7 heteroatoms. The molecule has 1 unspecified atom stereocenters. The number of benzene rings is 1. The maximum atomic E-state index is 6.27. The summed E-state index contributed by atoms with van der Waals surface area (Å²) in [6, 6.07) is 12.4. The van der Waals surface area contributed by atoms with Gasteiger partial charge >= 0.3 is 0 Å². The van der Waals surface area contributed by atoms with Crippen molar-refractivity contribution in [2.45, 2.75) is 6.42 Å². The first kappa shape index (κ1) is 17.6. The van der Waals surface area contributed by atoms with E-state index in [0.29, 0.717) is 11.9 Å². The van der Waals surface area contributed by atoms with Crippen molar-refractivity contribution in [1.82, 2.24) is 14.9 Å². The molecule has 1 aromatic carbocycles. The van der Waals surface area contributed by atoms with Crippen LogP contribution < -0.4 is 15.5 Å². The zero-order valence-electron chi connectivity index (χ0n) is 15.6. The van der Waals surface area contributed by atoms with Crippen molar-refractivity contribution < 1.29 is 0 Å². The summed E-state index contributed by atoms with van der Waals surface area (Å²) in [5.41, 5.74) is 7.57. The first-order valence-corrected chi connectivity index (χ1v) is 9.66. The summed E-state index contributed by atoms with van der Waals surface area (Å²) < 4.78 is 0. The second-order valence-electron chi connectivity index (χ2n) is 7.16. The van der Waals surface area contributed by atoms with E-state index in [-0.39, 0.29) is 0 Å². The summed E-state index contributed by atoms with van der Waals surface area (Å²) in [5.74, 6) is 2.03. The van der Waals surface area contributed by atoms with Crippen molar-refractivity contribution in [3.63, 3.8) is 0 Å². The molecular formula is C20H27N7. The lowest BCUT2D eigenvalue weighted by Crippen LogP contribution is -2.51. The molecule has 2 N–H and O–H groups in total. The highest BCUT2D eigenvalue weighted by Crippen LogP contribution is 2.23. The number of nitrogens with two attached hydrogens (primary N) is 1. The smallest absolute Gasteiger partial charge is 0.225 e. The van der Waals surface area contributed by atoms with Gasteiger partial charge in [-0.3, -0.25) is 4.99 Å². The van der Waals surface area contributed by atoms with Crippen molar-refractivity contribution in [3.8, 4) is 0 Å². The Balaban J connectivity index is 1.26. The van der Waals surface area contributed by atoms with Gasteiger partial charge in [0.25, 0.3) is 0 Å². The van der Waals surface area contributed by atoms with Gasteiger partial charge in [-0.2, -0.15) is 0 Å². The molecule has 0 amide bonds. The molecule has 0 bridgehead atoms. The maximum Gasteiger partial charge on any atom is 0.225 e. The fraction of sp³-hybridized carbons (Fsp3) is 0.450. The van der Waals surface area contributed by atoms with Crippen molar-refractivity contribution >= 4 is 17.6 Å². The van der Waals surface area contributed by atoms with E-state index in [1.165, 1.54) is 12.1 Å². The van der Waals surface area contributed by atoms with Crippen molar-refractivity contribution in [2.75, 3.05) is 55.6 Å². The predicted molar refractivity (Wildman–Crippen MR) is 109 cm³/mol. The molecule has 0 radical (unpaired) electrons. The lowest BCUT2D eigenvalue weighted by Gasteiger charge is -2.35. The molecule has 0 aliphatic carbocycles. The molecule has 7 nitrogen and oxygen atoms in total. The number of rotatable bonds is 4. The Labute approximate surface area is 160 Å². The van der Waals surface area contributed by atoms with Gasteiger partial charge in [0, 0.05) is 63.9 Å². The van der Waals surface area contributed by atoms with Crippen LogP contribution in [0.2, 0.25) is 0 Å². The normalized spacial score (nSPS) is 21.0. The van der Waals surface area contributed by atoms with Crippen LogP contribution in [0.4, 0.5) is 11.6 Å². The zero-order chi connectivity index (χ0) is 18.5. The van der Waals surface area contributed by atoms with Crippen LogP contribution >= 0.6 is 0 Å². The largest absolute Gasteiger partial charge is 0.371 e. The highest BCUT2D eigenvalue weighted by Gasteiger charge is 2.23. The molecule has 142 valence electrons. The summed E-state index contributed by atoms with van der Waals surface area (Å²) >= 11 is 0. The molecule has 2 aromatic rings. The first-order chi connectivity index (χ1) is 13.3. The van der Waals surface area contributed by atoms with Crippen LogP contribution in [-0.4, -0.2) is 66.6 Å². The van der Waals surface area contributed by atoms with E-state index in [1.807, 2.05) is 6.07 Å². The van der Waals surface area contributed by atoms with Crippen LogP contribution in [0, 0.1) is 5.92 Å². The maximum absolute atomic E-state index is 6.27. The second kappa shape index (κ2) is 8.24. The van der Waals surface area contributed by atoms with Crippen LogP contribution in [0.15, 0.2) is 53.8 Å². The third-order valence-electron chi connectivity index (χ3n) is 5.36. The van der Waals surface area contributed by atoms with E-state index in [9.17, 15) is 0 Å². The number of aromatic nitrogens is 2. The molecule has 27 heavy (non-hydrogen) atoms. The van der Waals surface area contributed by atoms with Crippen molar-refractivity contribution in [2.24, 2.45) is 16.6 Å². The van der Waals surface area contributed by atoms with Crippen molar-refractivity contribution in [3.05, 3.63) is 48.8 Å². The highest BCUT2D eigenvalue weighted by atomic mass is 15.4.